The van der Waals surface area contributed by atoms with E-state index in [1.54, 1.807) is 7.11 Å². The molecule has 0 atom stereocenters. The molecular weight excluding hydrogens is 348 g/mol. The van der Waals surface area contributed by atoms with Crippen molar-refractivity contribution in [3.63, 3.8) is 0 Å². The number of aryl methyl sites for hydroxylation is 1. The Kier molecular flexibility index (Phi) is 5.84. The number of amides is 1. The molecule has 0 aliphatic rings. The van der Waals surface area contributed by atoms with Crippen LogP contribution < -0.4 is 10.1 Å². The van der Waals surface area contributed by atoms with Gasteiger partial charge in [0.05, 0.1) is 18.2 Å². The molecule has 3 rings (SSSR count). The third kappa shape index (κ3) is 3.86. The number of hydrogen-bond acceptors (Lipinski definition) is 2. The molecule has 0 aliphatic heterocycles. The number of carbonyl (C=O) groups excluding carboxylic acids is 1. The number of aromatic nitrogens is 1. The van der Waals surface area contributed by atoms with Gasteiger partial charge in [-0.25, -0.2) is 0 Å². The Hall–Kier alpha value is -2.46. The molecule has 0 bridgehead atoms. The lowest BCUT2D eigenvalue weighted by Crippen LogP contribution is -2.22. The summed E-state index contributed by atoms with van der Waals surface area (Å²) >= 11 is 6.01. The van der Waals surface area contributed by atoms with Crippen molar-refractivity contribution >= 4 is 28.4 Å². The second kappa shape index (κ2) is 8.28. The molecule has 1 aromatic heterocycles. The molecule has 1 heterocycles. The van der Waals surface area contributed by atoms with Crippen molar-refractivity contribution in [1.29, 1.82) is 0 Å². The van der Waals surface area contributed by atoms with E-state index in [2.05, 4.69) is 16.8 Å². The number of rotatable bonds is 7. The van der Waals surface area contributed by atoms with Crippen LogP contribution in [0.1, 0.15) is 35.7 Å². The average Bonchev–Trinajstić information content (AvgIpc) is 3.03. The highest BCUT2D eigenvalue weighted by atomic mass is 35.5. The molecule has 1 amide bonds. The van der Waals surface area contributed by atoms with Crippen molar-refractivity contribution in [2.24, 2.45) is 0 Å². The molecular formula is C21H23ClN2O2. The van der Waals surface area contributed by atoms with Crippen LogP contribution in [0, 0.1) is 0 Å². The van der Waals surface area contributed by atoms with E-state index in [0.717, 1.165) is 41.6 Å². The van der Waals surface area contributed by atoms with E-state index >= 15 is 0 Å². The largest absolute Gasteiger partial charge is 0.495 e. The third-order valence-electron chi connectivity index (χ3n) is 4.42. The highest BCUT2D eigenvalue weighted by molar-refractivity contribution is 6.30. The van der Waals surface area contributed by atoms with Crippen molar-refractivity contribution in [2.75, 3.05) is 7.11 Å². The van der Waals surface area contributed by atoms with Crippen molar-refractivity contribution in [2.45, 2.75) is 32.9 Å². The first-order valence-corrected chi connectivity index (χ1v) is 9.20. The van der Waals surface area contributed by atoms with Crippen LogP contribution in [0.2, 0.25) is 5.02 Å². The van der Waals surface area contributed by atoms with E-state index in [1.165, 1.54) is 0 Å². The third-order valence-corrected chi connectivity index (χ3v) is 4.66. The maximum Gasteiger partial charge on any atom is 0.253 e. The number of methoxy groups -OCH3 is 1. The minimum atomic E-state index is -0.0986. The molecule has 0 spiro atoms. The monoisotopic (exact) mass is 370 g/mol. The summed E-state index contributed by atoms with van der Waals surface area (Å²) in [6.07, 6.45) is 4.06. The van der Waals surface area contributed by atoms with Gasteiger partial charge in [-0.1, -0.05) is 49.2 Å². The van der Waals surface area contributed by atoms with Gasteiger partial charge in [-0.3, -0.25) is 4.79 Å². The molecule has 0 aliphatic carbocycles. The van der Waals surface area contributed by atoms with Crippen LogP contribution in [0.15, 0.2) is 48.7 Å². The summed E-state index contributed by atoms with van der Waals surface area (Å²) in [6, 6.07) is 13.3. The fourth-order valence-electron chi connectivity index (χ4n) is 3.10. The second-order valence-corrected chi connectivity index (χ2v) is 6.70. The number of fused-ring (bicyclic) bond motifs is 1. The number of para-hydroxylation sites is 1. The molecule has 1 N–H and O–H groups in total. The Morgan fingerprint density at radius 1 is 1.23 bits per heavy atom. The number of unbranched alkanes of at least 4 members (excludes halogenated alkanes) is 1. The standard InChI is InChI=1S/C21H23ClN2O2/c1-3-4-11-24-14-18(17-9-6-10-19(26-2)20(17)24)21(25)23-13-15-7-5-8-16(22)12-15/h5-10,12,14H,3-4,11,13H2,1-2H3,(H,23,25). The van der Waals surface area contributed by atoms with Gasteiger partial charge in [-0.15, -0.1) is 0 Å². The van der Waals surface area contributed by atoms with Gasteiger partial charge in [-0.05, 0) is 30.2 Å². The van der Waals surface area contributed by atoms with Crippen molar-refractivity contribution in [1.82, 2.24) is 9.88 Å². The SMILES string of the molecule is CCCCn1cc(C(=O)NCc2cccc(Cl)c2)c2cccc(OC)c21. The Balaban J connectivity index is 1.89. The first-order chi connectivity index (χ1) is 12.6. The Labute approximate surface area is 158 Å². The fourth-order valence-corrected chi connectivity index (χ4v) is 3.31. The smallest absolute Gasteiger partial charge is 0.253 e. The van der Waals surface area contributed by atoms with Crippen LogP contribution in [0.5, 0.6) is 5.75 Å². The Morgan fingerprint density at radius 2 is 2.04 bits per heavy atom. The van der Waals surface area contributed by atoms with Crippen LogP contribution in [0.3, 0.4) is 0 Å². The summed E-state index contributed by atoms with van der Waals surface area (Å²) in [7, 11) is 1.66. The molecule has 26 heavy (non-hydrogen) atoms. The van der Waals surface area contributed by atoms with Crippen LogP contribution in [0.25, 0.3) is 10.9 Å². The molecule has 0 saturated heterocycles. The van der Waals surface area contributed by atoms with Crippen LogP contribution >= 0.6 is 11.6 Å². The van der Waals surface area contributed by atoms with Gasteiger partial charge in [0, 0.05) is 29.7 Å². The Morgan fingerprint density at radius 3 is 2.77 bits per heavy atom. The summed E-state index contributed by atoms with van der Waals surface area (Å²) < 4.78 is 7.63. The number of nitrogens with zero attached hydrogens (tertiary/aromatic N) is 1. The summed E-state index contributed by atoms with van der Waals surface area (Å²) in [4.78, 5) is 12.8. The summed E-state index contributed by atoms with van der Waals surface area (Å²) in [6.45, 7) is 3.45. The molecule has 3 aromatic rings. The van der Waals surface area contributed by atoms with E-state index in [1.807, 2.05) is 48.7 Å². The van der Waals surface area contributed by atoms with Gasteiger partial charge in [0.15, 0.2) is 0 Å². The first kappa shape index (κ1) is 18.3. The number of carbonyl (C=O) groups is 1. The minimum absolute atomic E-state index is 0.0986. The van der Waals surface area contributed by atoms with Crippen molar-refractivity contribution < 1.29 is 9.53 Å². The highest BCUT2D eigenvalue weighted by Crippen LogP contribution is 2.30. The molecule has 2 aromatic carbocycles. The molecule has 5 heteroatoms. The first-order valence-electron chi connectivity index (χ1n) is 8.82. The van der Waals surface area contributed by atoms with Gasteiger partial charge in [0.25, 0.3) is 5.91 Å². The fraction of sp³-hybridized carbons (Fsp3) is 0.286. The highest BCUT2D eigenvalue weighted by Gasteiger charge is 2.17. The maximum atomic E-state index is 12.8. The molecule has 0 unspecified atom stereocenters. The lowest BCUT2D eigenvalue weighted by Gasteiger charge is -2.08. The number of hydrogen-bond donors (Lipinski definition) is 1. The van der Waals surface area contributed by atoms with E-state index in [9.17, 15) is 4.79 Å². The number of halogens is 1. The number of nitrogens with one attached hydrogen (secondary N) is 1. The van der Waals surface area contributed by atoms with Crippen LogP contribution in [0.4, 0.5) is 0 Å². The molecule has 0 radical (unpaired) electrons. The molecule has 0 fully saturated rings. The molecule has 4 nitrogen and oxygen atoms in total. The van der Waals surface area contributed by atoms with Crippen LogP contribution in [-0.2, 0) is 13.1 Å². The van der Waals surface area contributed by atoms with Gasteiger partial charge in [0.2, 0.25) is 0 Å². The zero-order valence-electron chi connectivity index (χ0n) is 15.1. The summed E-state index contributed by atoms with van der Waals surface area (Å²) in [5.74, 6) is 0.686. The van der Waals surface area contributed by atoms with Crippen molar-refractivity contribution in [3.05, 3.63) is 64.8 Å². The number of ether oxygens (including phenoxy) is 1. The van der Waals surface area contributed by atoms with Gasteiger partial charge in [-0.2, -0.15) is 0 Å². The summed E-state index contributed by atoms with van der Waals surface area (Å²) in [5, 5.41) is 4.56. The molecule has 0 saturated carbocycles. The number of benzene rings is 2. The predicted molar refractivity (Wildman–Crippen MR) is 106 cm³/mol. The van der Waals surface area contributed by atoms with Gasteiger partial charge < -0.3 is 14.6 Å². The van der Waals surface area contributed by atoms with E-state index < -0.39 is 0 Å². The topological polar surface area (TPSA) is 43.3 Å². The molecule has 136 valence electrons. The minimum Gasteiger partial charge on any atom is -0.495 e. The average molecular weight is 371 g/mol. The van der Waals surface area contributed by atoms with Crippen molar-refractivity contribution in [3.8, 4) is 5.75 Å². The zero-order chi connectivity index (χ0) is 18.5. The summed E-state index contributed by atoms with van der Waals surface area (Å²) in [5.41, 5.74) is 2.60. The van der Waals surface area contributed by atoms with E-state index in [0.29, 0.717) is 17.1 Å². The lowest BCUT2D eigenvalue weighted by atomic mass is 10.1. The van der Waals surface area contributed by atoms with E-state index in [4.69, 9.17) is 16.3 Å². The maximum absolute atomic E-state index is 12.8. The Bertz CT molecular complexity index is 918. The van der Waals surface area contributed by atoms with Gasteiger partial charge >= 0.3 is 0 Å². The second-order valence-electron chi connectivity index (χ2n) is 6.26. The van der Waals surface area contributed by atoms with Crippen LogP contribution in [-0.4, -0.2) is 17.6 Å². The zero-order valence-corrected chi connectivity index (χ0v) is 15.8. The quantitative estimate of drug-likeness (QED) is 0.633. The lowest BCUT2D eigenvalue weighted by molar-refractivity contribution is 0.0952. The van der Waals surface area contributed by atoms with Gasteiger partial charge in [0.1, 0.15) is 5.75 Å². The van der Waals surface area contributed by atoms with E-state index in [-0.39, 0.29) is 5.91 Å². The predicted octanol–water partition coefficient (Wildman–Crippen LogP) is 5.03. The normalized spacial score (nSPS) is 10.9.